The number of halogens is 1. The minimum Gasteiger partial charge on any atom is -0.378 e. The minimum absolute atomic E-state index is 0.0727. The van der Waals surface area contributed by atoms with Crippen molar-refractivity contribution in [2.45, 2.75) is 25.2 Å². The summed E-state index contributed by atoms with van der Waals surface area (Å²) in [6, 6.07) is 14.4. The zero-order valence-corrected chi connectivity index (χ0v) is 16.3. The summed E-state index contributed by atoms with van der Waals surface area (Å²) in [7, 11) is 0. The van der Waals surface area contributed by atoms with Gasteiger partial charge in [0, 0.05) is 17.6 Å². The first kappa shape index (κ1) is 17.6. The van der Waals surface area contributed by atoms with Crippen molar-refractivity contribution in [2.75, 3.05) is 36.5 Å². The molecule has 1 unspecified atom stereocenters. The zero-order chi connectivity index (χ0) is 17.9. The van der Waals surface area contributed by atoms with Gasteiger partial charge in [-0.05, 0) is 48.6 Å². The molecule has 1 saturated heterocycles. The lowest BCUT2D eigenvalue weighted by Crippen LogP contribution is -2.37. The standard InChI is InChI=1S/C21H23BrN2O2/c22-16-8-9-20(24-10-12-26-13-11-24)19(14-16)23-21(25)18-7-3-5-15-4-1-2-6-17(15)18/h1-2,4,6,8-9,14,18H,3,5,7,10-13H2,(H,23,25). The van der Waals surface area contributed by atoms with Gasteiger partial charge in [0.15, 0.2) is 0 Å². The average Bonchev–Trinajstić information content (AvgIpc) is 2.68. The van der Waals surface area contributed by atoms with E-state index in [1.54, 1.807) is 0 Å². The van der Waals surface area contributed by atoms with Crippen molar-refractivity contribution in [3.8, 4) is 0 Å². The molecule has 0 bridgehead atoms. The summed E-state index contributed by atoms with van der Waals surface area (Å²) in [5.74, 6) is 0.0150. The lowest BCUT2D eigenvalue weighted by atomic mass is 9.82. The van der Waals surface area contributed by atoms with Gasteiger partial charge in [0.1, 0.15) is 0 Å². The van der Waals surface area contributed by atoms with Gasteiger partial charge in [-0.2, -0.15) is 0 Å². The fourth-order valence-corrected chi connectivity index (χ4v) is 4.30. The smallest absolute Gasteiger partial charge is 0.231 e. The third kappa shape index (κ3) is 3.64. The normalized spacial score (nSPS) is 19.7. The number of anilines is 2. The Hall–Kier alpha value is -1.85. The van der Waals surface area contributed by atoms with E-state index >= 15 is 0 Å². The Kier molecular flexibility index (Phi) is 5.27. The Morgan fingerprint density at radius 1 is 1.15 bits per heavy atom. The average molecular weight is 415 g/mol. The van der Waals surface area contributed by atoms with Gasteiger partial charge in [-0.15, -0.1) is 0 Å². The van der Waals surface area contributed by atoms with E-state index in [0.717, 1.165) is 61.4 Å². The molecule has 2 aromatic rings. The van der Waals surface area contributed by atoms with Crippen LogP contribution in [-0.2, 0) is 16.0 Å². The van der Waals surface area contributed by atoms with Crippen LogP contribution in [0.15, 0.2) is 46.9 Å². The highest BCUT2D eigenvalue weighted by Gasteiger charge is 2.27. The third-order valence-electron chi connectivity index (χ3n) is 5.25. The summed E-state index contributed by atoms with van der Waals surface area (Å²) in [5.41, 5.74) is 4.42. The van der Waals surface area contributed by atoms with E-state index in [-0.39, 0.29) is 11.8 Å². The first-order chi connectivity index (χ1) is 12.7. The maximum atomic E-state index is 13.1. The Balaban J connectivity index is 1.59. The van der Waals surface area contributed by atoms with E-state index in [9.17, 15) is 4.79 Å². The van der Waals surface area contributed by atoms with Gasteiger partial charge in [0.05, 0.1) is 30.5 Å². The molecule has 0 radical (unpaired) electrons. The predicted molar refractivity (Wildman–Crippen MR) is 108 cm³/mol. The number of hydrogen-bond acceptors (Lipinski definition) is 3. The molecule has 5 heteroatoms. The van der Waals surface area contributed by atoms with Gasteiger partial charge in [-0.25, -0.2) is 0 Å². The van der Waals surface area contributed by atoms with E-state index in [0.29, 0.717) is 0 Å². The topological polar surface area (TPSA) is 41.6 Å². The van der Waals surface area contributed by atoms with Crippen molar-refractivity contribution in [3.63, 3.8) is 0 Å². The second-order valence-corrected chi connectivity index (χ2v) is 7.81. The van der Waals surface area contributed by atoms with Crippen LogP contribution in [0, 0.1) is 0 Å². The lowest BCUT2D eigenvalue weighted by Gasteiger charge is -2.31. The van der Waals surface area contributed by atoms with Crippen LogP contribution in [0.25, 0.3) is 0 Å². The molecule has 2 aromatic carbocycles. The molecule has 1 aliphatic heterocycles. The van der Waals surface area contributed by atoms with Crippen LogP contribution in [-0.4, -0.2) is 32.2 Å². The van der Waals surface area contributed by atoms with Crippen LogP contribution < -0.4 is 10.2 Å². The Morgan fingerprint density at radius 2 is 1.96 bits per heavy atom. The van der Waals surface area contributed by atoms with Gasteiger partial charge in [0.2, 0.25) is 5.91 Å². The van der Waals surface area contributed by atoms with Crippen LogP contribution in [0.2, 0.25) is 0 Å². The number of aryl methyl sites for hydroxylation is 1. The van der Waals surface area contributed by atoms with Crippen molar-refractivity contribution < 1.29 is 9.53 Å². The largest absolute Gasteiger partial charge is 0.378 e. The summed E-state index contributed by atoms with van der Waals surface area (Å²) in [6.07, 6.45) is 3.03. The molecule has 1 amide bonds. The summed E-state index contributed by atoms with van der Waals surface area (Å²) in [5, 5.41) is 3.21. The molecule has 26 heavy (non-hydrogen) atoms. The third-order valence-corrected chi connectivity index (χ3v) is 5.75. The second kappa shape index (κ2) is 7.80. The summed E-state index contributed by atoms with van der Waals surface area (Å²) >= 11 is 3.54. The van der Waals surface area contributed by atoms with Gasteiger partial charge < -0.3 is 15.0 Å². The molecule has 1 heterocycles. The lowest BCUT2D eigenvalue weighted by molar-refractivity contribution is -0.117. The number of nitrogens with zero attached hydrogens (tertiary/aromatic N) is 1. The van der Waals surface area contributed by atoms with Gasteiger partial charge in [0.25, 0.3) is 0 Å². The van der Waals surface area contributed by atoms with Gasteiger partial charge >= 0.3 is 0 Å². The highest BCUT2D eigenvalue weighted by atomic mass is 79.9. The van der Waals surface area contributed by atoms with E-state index in [1.807, 2.05) is 18.2 Å². The Morgan fingerprint density at radius 3 is 2.81 bits per heavy atom. The quantitative estimate of drug-likeness (QED) is 0.811. The molecule has 4 nitrogen and oxygen atoms in total. The Bertz CT molecular complexity index is 802. The SMILES string of the molecule is O=C(Nc1cc(Br)ccc1N1CCOCC1)C1CCCc2ccccc21. The summed E-state index contributed by atoms with van der Waals surface area (Å²) < 4.78 is 6.43. The highest BCUT2D eigenvalue weighted by molar-refractivity contribution is 9.10. The molecule has 0 aromatic heterocycles. The molecular weight excluding hydrogens is 392 g/mol. The number of nitrogens with one attached hydrogen (secondary N) is 1. The first-order valence-electron chi connectivity index (χ1n) is 9.23. The number of carbonyl (C=O) groups excluding carboxylic acids is 1. The first-order valence-corrected chi connectivity index (χ1v) is 10.0. The number of benzene rings is 2. The predicted octanol–water partition coefficient (Wildman–Crippen LogP) is 4.34. The fraction of sp³-hybridized carbons (Fsp3) is 0.381. The van der Waals surface area contributed by atoms with Crippen LogP contribution in [0.4, 0.5) is 11.4 Å². The number of carbonyl (C=O) groups is 1. The number of ether oxygens (including phenoxy) is 1. The van der Waals surface area contributed by atoms with Gasteiger partial charge in [-0.1, -0.05) is 40.2 Å². The highest BCUT2D eigenvalue weighted by Crippen LogP contribution is 2.35. The molecule has 0 spiro atoms. The van der Waals surface area contributed by atoms with Crippen LogP contribution in [0.3, 0.4) is 0 Å². The summed E-state index contributed by atoms with van der Waals surface area (Å²) in [4.78, 5) is 15.4. The molecule has 1 fully saturated rings. The Labute approximate surface area is 162 Å². The molecule has 2 aliphatic rings. The van der Waals surface area contributed by atoms with Crippen molar-refractivity contribution in [1.82, 2.24) is 0 Å². The molecule has 1 N–H and O–H groups in total. The van der Waals surface area contributed by atoms with E-state index in [2.05, 4.69) is 50.4 Å². The molecule has 4 rings (SSSR count). The van der Waals surface area contributed by atoms with Crippen molar-refractivity contribution in [3.05, 3.63) is 58.1 Å². The maximum Gasteiger partial charge on any atom is 0.231 e. The maximum absolute atomic E-state index is 13.1. The number of amides is 1. The minimum atomic E-state index is -0.0727. The monoisotopic (exact) mass is 414 g/mol. The van der Waals surface area contributed by atoms with E-state index in [4.69, 9.17) is 4.74 Å². The number of hydrogen-bond donors (Lipinski definition) is 1. The fourth-order valence-electron chi connectivity index (χ4n) is 3.93. The van der Waals surface area contributed by atoms with Crippen molar-refractivity contribution in [1.29, 1.82) is 0 Å². The van der Waals surface area contributed by atoms with Crippen molar-refractivity contribution in [2.24, 2.45) is 0 Å². The molecule has 1 aliphatic carbocycles. The van der Waals surface area contributed by atoms with Crippen LogP contribution >= 0.6 is 15.9 Å². The van der Waals surface area contributed by atoms with E-state index < -0.39 is 0 Å². The molecule has 0 saturated carbocycles. The van der Waals surface area contributed by atoms with Crippen molar-refractivity contribution >= 4 is 33.2 Å². The second-order valence-electron chi connectivity index (χ2n) is 6.89. The zero-order valence-electron chi connectivity index (χ0n) is 14.7. The number of fused-ring (bicyclic) bond motifs is 1. The molecule has 1 atom stereocenters. The number of rotatable bonds is 3. The number of morpholine rings is 1. The molecular formula is C21H23BrN2O2. The summed E-state index contributed by atoms with van der Waals surface area (Å²) in [6.45, 7) is 3.13. The molecule has 136 valence electrons. The van der Waals surface area contributed by atoms with Crippen LogP contribution in [0.5, 0.6) is 0 Å². The van der Waals surface area contributed by atoms with E-state index in [1.165, 1.54) is 11.1 Å². The van der Waals surface area contributed by atoms with Gasteiger partial charge in [-0.3, -0.25) is 4.79 Å². The van der Waals surface area contributed by atoms with Crippen LogP contribution in [0.1, 0.15) is 29.9 Å².